The fourth-order valence-electron chi connectivity index (χ4n) is 2.98. The van der Waals surface area contributed by atoms with Gasteiger partial charge in [0.25, 0.3) is 5.91 Å². The van der Waals surface area contributed by atoms with E-state index in [2.05, 4.69) is 15.7 Å². The van der Waals surface area contributed by atoms with E-state index in [9.17, 15) is 9.18 Å². The van der Waals surface area contributed by atoms with Gasteiger partial charge in [0.05, 0.1) is 16.4 Å². The minimum atomic E-state index is -0.346. The van der Waals surface area contributed by atoms with Crippen LogP contribution in [0.5, 0.6) is 0 Å². The van der Waals surface area contributed by atoms with Crippen molar-refractivity contribution in [2.24, 2.45) is 0 Å². The Morgan fingerprint density at radius 1 is 1.00 bits per heavy atom. The first-order valence-electron chi connectivity index (χ1n) is 9.25. The van der Waals surface area contributed by atoms with Crippen LogP contribution in [-0.4, -0.2) is 15.7 Å². The molecule has 4 rings (SSSR count). The molecule has 0 fully saturated rings. The van der Waals surface area contributed by atoms with E-state index < -0.39 is 0 Å². The Hall–Kier alpha value is -3.64. The lowest BCUT2D eigenvalue weighted by atomic mass is 10.2. The van der Waals surface area contributed by atoms with Crippen LogP contribution in [0.3, 0.4) is 0 Å². The summed E-state index contributed by atoms with van der Waals surface area (Å²) in [7, 11) is 0. The Bertz CT molecular complexity index is 1190. The van der Waals surface area contributed by atoms with Gasteiger partial charge < -0.3 is 10.6 Å². The van der Waals surface area contributed by atoms with E-state index in [4.69, 9.17) is 11.6 Å². The van der Waals surface area contributed by atoms with Gasteiger partial charge in [0, 0.05) is 23.1 Å². The molecule has 0 saturated carbocycles. The molecule has 1 amide bonds. The number of aromatic nitrogens is 2. The van der Waals surface area contributed by atoms with Crippen molar-refractivity contribution in [2.75, 3.05) is 10.6 Å². The summed E-state index contributed by atoms with van der Waals surface area (Å²) in [6.45, 7) is 1.80. The zero-order chi connectivity index (χ0) is 21.1. The second-order valence-electron chi connectivity index (χ2n) is 6.72. The lowest BCUT2D eigenvalue weighted by Crippen LogP contribution is -2.14. The second kappa shape index (κ2) is 8.39. The number of halogens is 2. The highest BCUT2D eigenvalue weighted by molar-refractivity contribution is 6.33. The van der Waals surface area contributed by atoms with Crippen molar-refractivity contribution < 1.29 is 9.18 Å². The monoisotopic (exact) mass is 420 g/mol. The number of hydrogen-bond donors (Lipinski definition) is 2. The van der Waals surface area contributed by atoms with Crippen LogP contribution in [0, 0.1) is 12.7 Å². The Balaban J connectivity index is 1.54. The zero-order valence-corrected chi connectivity index (χ0v) is 16.8. The SMILES string of the molecule is Cc1cn(-c2ccc(F)cc2)nc1C(=O)Nc1ccc(Cl)c(Nc2ccccc2)c1. The van der Waals surface area contributed by atoms with Crippen molar-refractivity contribution in [2.45, 2.75) is 6.92 Å². The summed E-state index contributed by atoms with van der Waals surface area (Å²) in [6.07, 6.45) is 1.73. The molecule has 3 aromatic carbocycles. The lowest BCUT2D eigenvalue weighted by Gasteiger charge is -2.11. The summed E-state index contributed by atoms with van der Waals surface area (Å²) in [4.78, 5) is 12.8. The summed E-state index contributed by atoms with van der Waals surface area (Å²) in [6, 6.07) is 20.7. The molecule has 2 N–H and O–H groups in total. The quantitative estimate of drug-likeness (QED) is 0.418. The average molecular weight is 421 g/mol. The van der Waals surface area contributed by atoms with Crippen LogP contribution in [0.4, 0.5) is 21.5 Å². The van der Waals surface area contributed by atoms with E-state index in [-0.39, 0.29) is 17.4 Å². The van der Waals surface area contributed by atoms with Crippen molar-refractivity contribution in [3.8, 4) is 5.69 Å². The van der Waals surface area contributed by atoms with Gasteiger partial charge in [-0.3, -0.25) is 4.79 Å². The molecule has 0 bridgehead atoms. The van der Waals surface area contributed by atoms with Crippen LogP contribution in [0.1, 0.15) is 16.1 Å². The molecule has 0 atom stereocenters. The third-order valence-electron chi connectivity index (χ3n) is 4.48. The van der Waals surface area contributed by atoms with Crippen LogP contribution in [0.25, 0.3) is 5.69 Å². The van der Waals surface area contributed by atoms with E-state index in [1.54, 1.807) is 48.1 Å². The fraction of sp³-hybridized carbons (Fsp3) is 0.0435. The van der Waals surface area contributed by atoms with Crippen LogP contribution in [0.15, 0.2) is 79.0 Å². The predicted octanol–water partition coefficient (Wildman–Crippen LogP) is 5.97. The number of para-hydroxylation sites is 1. The molecule has 5 nitrogen and oxygen atoms in total. The maximum Gasteiger partial charge on any atom is 0.276 e. The maximum atomic E-state index is 13.1. The molecule has 0 spiro atoms. The number of amides is 1. The van der Waals surface area contributed by atoms with E-state index in [0.717, 1.165) is 5.69 Å². The number of aryl methyl sites for hydroxylation is 1. The molecular weight excluding hydrogens is 403 g/mol. The average Bonchev–Trinajstić information content (AvgIpc) is 3.13. The molecule has 0 saturated heterocycles. The van der Waals surface area contributed by atoms with E-state index in [1.807, 2.05) is 30.3 Å². The second-order valence-corrected chi connectivity index (χ2v) is 7.13. The highest BCUT2D eigenvalue weighted by Crippen LogP contribution is 2.29. The molecule has 150 valence electrons. The first kappa shape index (κ1) is 19.7. The first-order valence-corrected chi connectivity index (χ1v) is 9.62. The molecule has 7 heteroatoms. The van der Waals surface area contributed by atoms with Gasteiger partial charge in [-0.2, -0.15) is 5.10 Å². The summed E-state index contributed by atoms with van der Waals surface area (Å²) in [5.41, 5.74) is 3.80. The van der Waals surface area contributed by atoms with Gasteiger partial charge in [-0.25, -0.2) is 9.07 Å². The summed E-state index contributed by atoms with van der Waals surface area (Å²) >= 11 is 6.29. The number of benzene rings is 3. The maximum absolute atomic E-state index is 13.1. The van der Waals surface area contributed by atoms with Crippen LogP contribution >= 0.6 is 11.6 Å². The predicted molar refractivity (Wildman–Crippen MR) is 117 cm³/mol. The molecule has 0 aliphatic carbocycles. The summed E-state index contributed by atoms with van der Waals surface area (Å²) < 4.78 is 14.7. The van der Waals surface area contributed by atoms with Crippen molar-refractivity contribution in [1.82, 2.24) is 9.78 Å². The van der Waals surface area contributed by atoms with Crippen molar-refractivity contribution in [3.63, 3.8) is 0 Å². The molecule has 4 aromatic rings. The van der Waals surface area contributed by atoms with Gasteiger partial charge in [-0.05, 0) is 61.5 Å². The smallest absolute Gasteiger partial charge is 0.276 e. The topological polar surface area (TPSA) is 59.0 Å². The largest absolute Gasteiger partial charge is 0.354 e. The van der Waals surface area contributed by atoms with Crippen molar-refractivity contribution in [1.29, 1.82) is 0 Å². The number of nitrogens with zero attached hydrogens (tertiary/aromatic N) is 2. The molecule has 0 aliphatic rings. The number of rotatable bonds is 5. The van der Waals surface area contributed by atoms with Gasteiger partial charge >= 0.3 is 0 Å². The lowest BCUT2D eigenvalue weighted by molar-refractivity contribution is 0.102. The number of carbonyl (C=O) groups is 1. The molecular formula is C23H18ClFN4O. The number of nitrogens with one attached hydrogen (secondary N) is 2. The Labute approximate surface area is 178 Å². The number of hydrogen-bond acceptors (Lipinski definition) is 3. The van der Waals surface area contributed by atoms with Gasteiger partial charge in [-0.1, -0.05) is 29.8 Å². The highest BCUT2D eigenvalue weighted by Gasteiger charge is 2.16. The molecule has 30 heavy (non-hydrogen) atoms. The Morgan fingerprint density at radius 2 is 1.73 bits per heavy atom. The van der Waals surface area contributed by atoms with Gasteiger partial charge in [0.15, 0.2) is 5.69 Å². The van der Waals surface area contributed by atoms with Crippen molar-refractivity contribution >= 4 is 34.6 Å². The highest BCUT2D eigenvalue weighted by atomic mass is 35.5. The van der Waals surface area contributed by atoms with Crippen molar-refractivity contribution in [3.05, 3.63) is 101 Å². The van der Waals surface area contributed by atoms with Crippen LogP contribution in [0.2, 0.25) is 5.02 Å². The normalized spacial score (nSPS) is 10.6. The minimum absolute atomic E-state index is 0.284. The summed E-state index contributed by atoms with van der Waals surface area (Å²) in [5, 5.41) is 11.0. The third kappa shape index (κ3) is 4.34. The fourth-order valence-corrected chi connectivity index (χ4v) is 3.14. The molecule has 0 unspecified atom stereocenters. The van der Waals surface area contributed by atoms with E-state index in [1.165, 1.54) is 12.1 Å². The van der Waals surface area contributed by atoms with Gasteiger partial charge in [0.2, 0.25) is 0 Å². The van der Waals surface area contributed by atoms with E-state index >= 15 is 0 Å². The molecule has 1 heterocycles. The Morgan fingerprint density at radius 3 is 2.47 bits per heavy atom. The number of carbonyl (C=O) groups excluding carboxylic acids is 1. The van der Waals surface area contributed by atoms with Crippen LogP contribution < -0.4 is 10.6 Å². The molecule has 0 radical (unpaired) electrons. The van der Waals surface area contributed by atoms with E-state index in [0.29, 0.717) is 27.6 Å². The summed E-state index contributed by atoms with van der Waals surface area (Å²) in [5.74, 6) is -0.676. The first-order chi connectivity index (χ1) is 14.5. The van der Waals surface area contributed by atoms with Crippen LogP contribution in [-0.2, 0) is 0 Å². The minimum Gasteiger partial charge on any atom is -0.354 e. The van der Waals surface area contributed by atoms with Gasteiger partial charge in [0.1, 0.15) is 5.82 Å². The Kier molecular flexibility index (Phi) is 5.50. The number of anilines is 3. The molecule has 1 aromatic heterocycles. The molecule has 0 aliphatic heterocycles. The zero-order valence-electron chi connectivity index (χ0n) is 16.1. The standard InChI is InChI=1S/C23H18ClFN4O/c1-15-14-29(19-10-7-16(25)8-11-19)28-22(15)23(30)27-18-9-12-20(24)21(13-18)26-17-5-3-2-4-6-17/h2-14,26H,1H3,(H,27,30). The van der Waals surface area contributed by atoms with Gasteiger partial charge in [-0.15, -0.1) is 0 Å². The third-order valence-corrected chi connectivity index (χ3v) is 4.81.